The smallest absolute Gasteiger partial charge is 0.107 e. The van der Waals surface area contributed by atoms with E-state index in [2.05, 4.69) is 38.0 Å². The third kappa shape index (κ3) is 5.61. The van der Waals surface area contributed by atoms with Crippen molar-refractivity contribution in [1.82, 2.24) is 10.3 Å². The summed E-state index contributed by atoms with van der Waals surface area (Å²) in [6, 6.07) is 0. The fraction of sp³-hybridized carbons (Fsp3) is 0.769. The Labute approximate surface area is 108 Å². The van der Waals surface area contributed by atoms with Crippen molar-refractivity contribution in [3.05, 3.63) is 15.6 Å². The van der Waals surface area contributed by atoms with Crippen molar-refractivity contribution in [3.63, 3.8) is 0 Å². The van der Waals surface area contributed by atoms with Crippen molar-refractivity contribution in [2.75, 3.05) is 6.54 Å². The van der Waals surface area contributed by atoms with Crippen LogP contribution >= 0.6 is 11.3 Å². The molecule has 1 aromatic heterocycles. The summed E-state index contributed by atoms with van der Waals surface area (Å²) in [4.78, 5) is 5.73. The van der Waals surface area contributed by atoms with Crippen molar-refractivity contribution in [3.8, 4) is 0 Å². The fourth-order valence-electron chi connectivity index (χ4n) is 1.74. The summed E-state index contributed by atoms with van der Waals surface area (Å²) in [6.45, 7) is 11.9. The van der Waals surface area contributed by atoms with E-state index in [1.54, 1.807) is 11.3 Å². The molecule has 17 heavy (non-hydrogen) atoms. The van der Waals surface area contributed by atoms with Crippen LogP contribution in [0.1, 0.15) is 42.8 Å². The van der Waals surface area contributed by atoms with Crippen LogP contribution < -0.4 is 5.32 Å². The second-order valence-corrected chi connectivity index (χ2v) is 7.09. The Balaban J connectivity index is 2.28. The van der Waals surface area contributed by atoms with Gasteiger partial charge in [0.2, 0.25) is 0 Å². The monoisotopic (exact) mass is 256 g/mol. The summed E-state index contributed by atoms with van der Waals surface area (Å²) in [5, 5.41) is 14.2. The molecule has 0 bridgehead atoms. The second kappa shape index (κ2) is 5.94. The average molecular weight is 256 g/mol. The first-order valence-electron chi connectivity index (χ1n) is 6.09. The molecule has 3 nitrogen and oxygen atoms in total. The predicted molar refractivity (Wildman–Crippen MR) is 73.4 cm³/mol. The topological polar surface area (TPSA) is 45.2 Å². The van der Waals surface area contributed by atoms with Gasteiger partial charge in [0, 0.05) is 18.0 Å². The number of nitrogens with one attached hydrogen (secondary N) is 1. The summed E-state index contributed by atoms with van der Waals surface area (Å²) in [5.74, 6) is 0. The molecule has 0 radical (unpaired) electrons. The number of hydrogen-bond donors (Lipinski definition) is 2. The Morgan fingerprint density at radius 2 is 2.00 bits per heavy atom. The largest absolute Gasteiger partial charge is 0.392 e. The van der Waals surface area contributed by atoms with Crippen LogP contribution in [0.3, 0.4) is 0 Å². The van der Waals surface area contributed by atoms with Gasteiger partial charge in [0.05, 0.1) is 11.8 Å². The van der Waals surface area contributed by atoms with E-state index in [1.807, 2.05) is 6.92 Å². The van der Waals surface area contributed by atoms with Crippen LogP contribution in [-0.2, 0) is 6.54 Å². The number of aliphatic hydroxyl groups is 1. The van der Waals surface area contributed by atoms with E-state index < -0.39 is 0 Å². The third-order valence-electron chi connectivity index (χ3n) is 2.58. The Bertz CT molecular complexity index is 335. The summed E-state index contributed by atoms with van der Waals surface area (Å²) < 4.78 is 0. The molecule has 0 saturated carbocycles. The summed E-state index contributed by atoms with van der Waals surface area (Å²) in [5.41, 5.74) is 1.29. The lowest BCUT2D eigenvalue weighted by atomic mass is 9.89. The quantitative estimate of drug-likeness (QED) is 0.851. The van der Waals surface area contributed by atoms with Gasteiger partial charge in [-0.1, -0.05) is 20.8 Å². The lowest BCUT2D eigenvalue weighted by Gasteiger charge is -2.22. The summed E-state index contributed by atoms with van der Waals surface area (Å²) in [6.07, 6.45) is 0.535. The lowest BCUT2D eigenvalue weighted by molar-refractivity contribution is 0.119. The van der Waals surface area contributed by atoms with Crippen LogP contribution in [0.4, 0.5) is 0 Å². The number of rotatable bonds is 5. The highest BCUT2D eigenvalue weighted by molar-refractivity contribution is 7.11. The molecule has 2 N–H and O–H groups in total. The normalized spacial score (nSPS) is 14.0. The molecule has 0 fully saturated rings. The van der Waals surface area contributed by atoms with E-state index in [1.165, 1.54) is 4.88 Å². The van der Waals surface area contributed by atoms with Crippen molar-refractivity contribution in [2.45, 2.75) is 53.7 Å². The van der Waals surface area contributed by atoms with Gasteiger partial charge in [0.1, 0.15) is 5.01 Å². The van der Waals surface area contributed by atoms with Gasteiger partial charge >= 0.3 is 0 Å². The van der Waals surface area contributed by atoms with Gasteiger partial charge in [-0.05, 0) is 25.7 Å². The van der Waals surface area contributed by atoms with Crippen molar-refractivity contribution < 1.29 is 5.11 Å². The minimum Gasteiger partial charge on any atom is -0.392 e. The van der Waals surface area contributed by atoms with Gasteiger partial charge in [0.25, 0.3) is 0 Å². The van der Waals surface area contributed by atoms with E-state index >= 15 is 0 Å². The lowest BCUT2D eigenvalue weighted by Crippen LogP contribution is -2.29. The van der Waals surface area contributed by atoms with Gasteiger partial charge in [0.15, 0.2) is 0 Å². The first-order valence-corrected chi connectivity index (χ1v) is 6.91. The zero-order valence-electron chi connectivity index (χ0n) is 11.5. The molecule has 0 saturated heterocycles. The molecule has 0 amide bonds. The van der Waals surface area contributed by atoms with E-state index in [0.717, 1.165) is 23.7 Å². The molecule has 1 heterocycles. The molecule has 0 spiro atoms. The maximum absolute atomic E-state index is 9.84. The van der Waals surface area contributed by atoms with Gasteiger partial charge in [-0.25, -0.2) is 4.98 Å². The van der Waals surface area contributed by atoms with Gasteiger partial charge in [-0.15, -0.1) is 11.3 Å². The first kappa shape index (κ1) is 14.6. The number of hydrogen-bond acceptors (Lipinski definition) is 4. The molecule has 1 aromatic rings. The number of aryl methyl sites for hydroxylation is 2. The second-order valence-electron chi connectivity index (χ2n) is 5.80. The van der Waals surface area contributed by atoms with Crippen LogP contribution in [0, 0.1) is 19.3 Å². The standard InChI is InChI=1S/C13H24N2OS/c1-9-10(2)17-12(15-9)8-14-7-11(16)6-13(3,4)5/h11,14,16H,6-8H2,1-5H3. The van der Waals surface area contributed by atoms with Gasteiger partial charge in [-0.2, -0.15) is 0 Å². The van der Waals surface area contributed by atoms with E-state index in [0.29, 0.717) is 6.54 Å². The van der Waals surface area contributed by atoms with Crippen LogP contribution in [-0.4, -0.2) is 22.7 Å². The predicted octanol–water partition coefficient (Wildman–Crippen LogP) is 2.65. The Kier molecular flexibility index (Phi) is 5.10. The minimum absolute atomic E-state index is 0.176. The number of nitrogens with zero attached hydrogens (tertiary/aromatic N) is 1. The molecule has 98 valence electrons. The zero-order chi connectivity index (χ0) is 13.1. The number of aromatic nitrogens is 1. The van der Waals surface area contributed by atoms with Crippen LogP contribution in [0.5, 0.6) is 0 Å². The Hall–Kier alpha value is -0.450. The molecule has 0 aliphatic heterocycles. The van der Waals surface area contributed by atoms with E-state index in [9.17, 15) is 5.11 Å². The molecule has 1 unspecified atom stereocenters. The molecule has 1 rings (SSSR count). The molecule has 1 atom stereocenters. The highest BCUT2D eigenvalue weighted by Crippen LogP contribution is 2.20. The summed E-state index contributed by atoms with van der Waals surface area (Å²) in [7, 11) is 0. The molecular weight excluding hydrogens is 232 g/mol. The zero-order valence-corrected chi connectivity index (χ0v) is 12.3. The maximum Gasteiger partial charge on any atom is 0.107 e. The van der Waals surface area contributed by atoms with Crippen molar-refractivity contribution in [1.29, 1.82) is 0 Å². The van der Waals surface area contributed by atoms with Crippen LogP contribution in [0.25, 0.3) is 0 Å². The van der Waals surface area contributed by atoms with Crippen molar-refractivity contribution in [2.24, 2.45) is 5.41 Å². The fourth-order valence-corrected chi connectivity index (χ4v) is 2.64. The first-order chi connectivity index (χ1) is 7.78. The maximum atomic E-state index is 9.84. The molecule has 0 aliphatic carbocycles. The Morgan fingerprint density at radius 3 is 2.47 bits per heavy atom. The van der Waals surface area contributed by atoms with Crippen LogP contribution in [0.15, 0.2) is 0 Å². The molecule has 4 heteroatoms. The SMILES string of the molecule is Cc1nc(CNCC(O)CC(C)(C)C)sc1C. The summed E-state index contributed by atoms with van der Waals surface area (Å²) >= 11 is 1.72. The average Bonchev–Trinajstić information content (AvgIpc) is 2.43. The third-order valence-corrected chi connectivity index (χ3v) is 3.65. The van der Waals surface area contributed by atoms with E-state index in [4.69, 9.17) is 0 Å². The number of aliphatic hydroxyl groups excluding tert-OH is 1. The molecular formula is C13H24N2OS. The highest BCUT2D eigenvalue weighted by atomic mass is 32.1. The number of thiazole rings is 1. The van der Waals surface area contributed by atoms with Crippen molar-refractivity contribution >= 4 is 11.3 Å². The Morgan fingerprint density at radius 1 is 1.35 bits per heavy atom. The highest BCUT2D eigenvalue weighted by Gasteiger charge is 2.16. The van der Waals surface area contributed by atoms with Gasteiger partial charge in [-0.3, -0.25) is 0 Å². The minimum atomic E-state index is -0.280. The van der Waals surface area contributed by atoms with E-state index in [-0.39, 0.29) is 11.5 Å². The molecule has 0 aromatic carbocycles. The van der Waals surface area contributed by atoms with Crippen LogP contribution in [0.2, 0.25) is 0 Å². The van der Waals surface area contributed by atoms with Gasteiger partial charge < -0.3 is 10.4 Å². The molecule has 0 aliphatic rings.